The number of likely N-dealkylation sites (tertiary alicyclic amines) is 1. The Kier molecular flexibility index (Phi) is 10.3. The summed E-state index contributed by atoms with van der Waals surface area (Å²) < 4.78 is 32.1. The summed E-state index contributed by atoms with van der Waals surface area (Å²) in [6.45, 7) is 4.76. The lowest BCUT2D eigenvalue weighted by Crippen LogP contribution is -2.42. The number of piperidine rings is 1. The average Bonchev–Trinajstić information content (AvgIpc) is 3.74. The van der Waals surface area contributed by atoms with Gasteiger partial charge >= 0.3 is 5.97 Å². The van der Waals surface area contributed by atoms with Gasteiger partial charge in [-0.15, -0.1) is 5.10 Å². The molecule has 46 heavy (non-hydrogen) atoms. The fourth-order valence-corrected chi connectivity index (χ4v) is 6.96. The Morgan fingerprint density at radius 3 is 2.50 bits per heavy atom. The Labute approximate surface area is 271 Å². The zero-order chi connectivity index (χ0) is 32.8. The molecule has 2 aliphatic rings. The summed E-state index contributed by atoms with van der Waals surface area (Å²) in [4.78, 5) is 41.1. The third-order valence-corrected chi connectivity index (χ3v) is 9.80. The number of esters is 1. The first kappa shape index (κ1) is 33.0. The van der Waals surface area contributed by atoms with E-state index in [2.05, 4.69) is 27.4 Å². The van der Waals surface area contributed by atoms with E-state index in [4.69, 9.17) is 16.3 Å². The van der Waals surface area contributed by atoms with Crippen LogP contribution in [0.1, 0.15) is 35.2 Å². The highest BCUT2D eigenvalue weighted by Gasteiger charge is 2.43. The van der Waals surface area contributed by atoms with Crippen molar-refractivity contribution in [2.45, 2.75) is 25.3 Å². The minimum absolute atomic E-state index is 0.000213. The number of benzene rings is 2. The van der Waals surface area contributed by atoms with Crippen LogP contribution in [-0.4, -0.2) is 94.2 Å². The summed E-state index contributed by atoms with van der Waals surface area (Å²) in [6, 6.07) is 10.6. The molecule has 0 bridgehead atoms. The van der Waals surface area contributed by atoms with Crippen LogP contribution in [0.15, 0.2) is 67.5 Å². The summed E-state index contributed by atoms with van der Waals surface area (Å²) in [6.07, 6.45) is 8.84. The molecule has 3 heterocycles. The molecule has 2 saturated heterocycles. The molecule has 13 nitrogen and oxygen atoms in total. The smallest absolute Gasteiger partial charge is 0.338 e. The summed E-state index contributed by atoms with van der Waals surface area (Å²) >= 11 is 6.24. The maximum Gasteiger partial charge on any atom is 0.338 e. The van der Waals surface area contributed by atoms with Crippen LogP contribution in [0.3, 0.4) is 0 Å². The zero-order valence-corrected chi connectivity index (χ0v) is 26.7. The van der Waals surface area contributed by atoms with Gasteiger partial charge in [0, 0.05) is 42.0 Å². The number of carbonyl (C=O) groups excluding carboxylic acids is 3. The molecular weight excluding hydrogens is 634 g/mol. The zero-order valence-electron chi connectivity index (χ0n) is 25.2. The minimum atomic E-state index is -3.29. The fraction of sp³-hybridized carbons (Fsp3) is 0.355. The normalized spacial score (nSPS) is 19.3. The van der Waals surface area contributed by atoms with Crippen molar-refractivity contribution in [3.8, 4) is 5.69 Å². The maximum atomic E-state index is 13.7. The number of carbonyl (C=O) groups is 3. The van der Waals surface area contributed by atoms with Gasteiger partial charge in [-0.2, -0.15) is 4.68 Å². The Hall–Kier alpha value is -4.40. The van der Waals surface area contributed by atoms with Crippen molar-refractivity contribution >= 4 is 51.2 Å². The molecule has 3 aromatic rings. The Balaban J connectivity index is 1.34. The van der Waals surface area contributed by atoms with Crippen molar-refractivity contribution in [1.82, 2.24) is 29.4 Å². The van der Waals surface area contributed by atoms with E-state index in [0.717, 1.165) is 0 Å². The van der Waals surface area contributed by atoms with Crippen LogP contribution < -0.4 is 5.32 Å². The van der Waals surface area contributed by atoms with Crippen LogP contribution in [0.4, 0.5) is 5.69 Å². The van der Waals surface area contributed by atoms with Crippen molar-refractivity contribution < 1.29 is 27.5 Å². The third-order valence-electron chi connectivity index (χ3n) is 8.26. The van der Waals surface area contributed by atoms with E-state index in [-0.39, 0.29) is 30.3 Å². The van der Waals surface area contributed by atoms with E-state index in [9.17, 15) is 22.8 Å². The van der Waals surface area contributed by atoms with Crippen LogP contribution in [0, 0.1) is 11.8 Å². The first-order chi connectivity index (χ1) is 22.0. The van der Waals surface area contributed by atoms with E-state index >= 15 is 0 Å². The third kappa shape index (κ3) is 7.87. The minimum Gasteiger partial charge on any atom is -0.458 e. The molecule has 0 radical (unpaired) electrons. The SMILES string of the molecule is C=CCOC(=O)c1ccc(NC(=O)[C@@H]2C[C@H](C3CCN(S(C)(=O)=O)CC3)CN2C(=O)/C=C/c2cc(Cl)ccc2-n2cnnn2)cc1. The van der Waals surface area contributed by atoms with Gasteiger partial charge in [0.1, 0.15) is 19.0 Å². The van der Waals surface area contributed by atoms with Crippen molar-refractivity contribution in [3.63, 3.8) is 0 Å². The molecule has 0 unspecified atom stereocenters. The number of amides is 2. The number of halogens is 1. The number of hydrogen-bond donors (Lipinski definition) is 1. The summed E-state index contributed by atoms with van der Waals surface area (Å²) in [7, 11) is -3.29. The monoisotopic (exact) mass is 667 g/mol. The lowest BCUT2D eigenvalue weighted by molar-refractivity contribution is -0.132. The van der Waals surface area contributed by atoms with E-state index in [1.54, 1.807) is 53.4 Å². The first-order valence-electron chi connectivity index (χ1n) is 14.7. The second kappa shape index (κ2) is 14.4. The van der Waals surface area contributed by atoms with Crippen LogP contribution in [0.2, 0.25) is 5.02 Å². The average molecular weight is 668 g/mol. The Bertz CT molecular complexity index is 1720. The molecule has 1 aromatic heterocycles. The number of anilines is 1. The van der Waals surface area contributed by atoms with Gasteiger partial charge in [-0.25, -0.2) is 17.5 Å². The predicted octanol–water partition coefficient (Wildman–Crippen LogP) is 3.20. The highest BCUT2D eigenvalue weighted by molar-refractivity contribution is 7.88. The molecule has 2 aliphatic heterocycles. The first-order valence-corrected chi connectivity index (χ1v) is 16.9. The van der Waals surface area contributed by atoms with Gasteiger partial charge in [0.15, 0.2) is 0 Å². The summed E-state index contributed by atoms with van der Waals surface area (Å²) in [5.41, 5.74) is 2.00. The number of ether oxygens (including phenoxy) is 1. The van der Waals surface area contributed by atoms with Gasteiger partial charge in [0.05, 0.1) is 17.5 Å². The Morgan fingerprint density at radius 1 is 1.11 bits per heavy atom. The quantitative estimate of drug-likeness (QED) is 0.195. The largest absolute Gasteiger partial charge is 0.458 e. The summed E-state index contributed by atoms with van der Waals surface area (Å²) in [5.74, 6) is -1.09. The van der Waals surface area contributed by atoms with Crippen molar-refractivity contribution in [2.24, 2.45) is 11.8 Å². The van der Waals surface area contributed by atoms with Crippen molar-refractivity contribution in [2.75, 3.05) is 37.8 Å². The number of sulfonamides is 1. The fourth-order valence-electron chi connectivity index (χ4n) is 5.91. The van der Waals surface area contributed by atoms with Crippen LogP contribution in [-0.2, 0) is 24.3 Å². The van der Waals surface area contributed by atoms with Gasteiger partial charge in [-0.1, -0.05) is 24.3 Å². The molecule has 242 valence electrons. The molecule has 2 fully saturated rings. The Morgan fingerprint density at radius 2 is 1.85 bits per heavy atom. The van der Waals surface area contributed by atoms with Crippen molar-refractivity contribution in [3.05, 3.63) is 83.7 Å². The number of nitrogens with one attached hydrogen (secondary N) is 1. The van der Waals surface area contributed by atoms with E-state index in [1.807, 2.05) is 0 Å². The van der Waals surface area contributed by atoms with Gasteiger partial charge in [0.25, 0.3) is 0 Å². The van der Waals surface area contributed by atoms with E-state index in [0.29, 0.717) is 66.4 Å². The number of nitrogens with zero attached hydrogens (tertiary/aromatic N) is 6. The number of rotatable bonds is 10. The lowest BCUT2D eigenvalue weighted by Gasteiger charge is -2.33. The number of hydrogen-bond acceptors (Lipinski definition) is 9. The van der Waals surface area contributed by atoms with Crippen LogP contribution in [0.25, 0.3) is 11.8 Å². The van der Waals surface area contributed by atoms with Gasteiger partial charge in [-0.3, -0.25) is 9.59 Å². The van der Waals surface area contributed by atoms with Gasteiger partial charge in [-0.05, 0) is 90.1 Å². The molecule has 0 aliphatic carbocycles. The molecule has 5 rings (SSSR count). The molecule has 15 heteroatoms. The topological polar surface area (TPSA) is 157 Å². The van der Waals surface area contributed by atoms with E-state index < -0.39 is 22.0 Å². The molecule has 0 saturated carbocycles. The molecule has 2 amide bonds. The van der Waals surface area contributed by atoms with Crippen LogP contribution in [0.5, 0.6) is 0 Å². The molecule has 2 aromatic carbocycles. The number of aromatic nitrogens is 4. The molecular formula is C31H34ClN7O6S. The highest BCUT2D eigenvalue weighted by Crippen LogP contribution is 2.36. The molecule has 2 atom stereocenters. The standard InChI is InChI=1S/C31H34ClN7O6S/c1-3-16-45-31(42)22-4-8-26(9-5-22)34-30(41)28-18-24(21-12-14-37(15-13-21)46(2,43)44)19-38(28)29(40)11-6-23-17-25(32)7-10-27(23)39-20-33-35-36-39/h3-11,17,20-21,24,28H,1,12-16,18-19H2,2H3,(H,34,41)/b11-6+/t24-,28-/m0/s1. The molecule has 1 N–H and O–H groups in total. The van der Waals surface area contributed by atoms with Crippen LogP contribution >= 0.6 is 11.6 Å². The molecule has 0 spiro atoms. The number of tetrazole rings is 1. The maximum absolute atomic E-state index is 13.7. The predicted molar refractivity (Wildman–Crippen MR) is 171 cm³/mol. The summed E-state index contributed by atoms with van der Waals surface area (Å²) in [5, 5.41) is 14.6. The second-order valence-corrected chi connectivity index (χ2v) is 13.7. The highest BCUT2D eigenvalue weighted by atomic mass is 35.5. The van der Waals surface area contributed by atoms with Gasteiger partial charge < -0.3 is 15.0 Å². The lowest BCUT2D eigenvalue weighted by atomic mass is 9.83. The van der Waals surface area contributed by atoms with E-state index in [1.165, 1.54) is 33.7 Å². The van der Waals surface area contributed by atoms with Crippen molar-refractivity contribution in [1.29, 1.82) is 0 Å². The second-order valence-electron chi connectivity index (χ2n) is 11.2. The van der Waals surface area contributed by atoms with Gasteiger partial charge in [0.2, 0.25) is 21.8 Å².